The zero-order valence-electron chi connectivity index (χ0n) is 11.8. The Hall–Kier alpha value is -0.170. The Labute approximate surface area is 124 Å². The monoisotopic (exact) mass is 324 g/mol. The third-order valence-corrected chi connectivity index (χ3v) is 6.95. The smallest absolute Gasteiger partial charge is 0.229 e. The molecule has 1 aromatic rings. The number of rotatable bonds is 7. The quantitative estimate of drug-likeness (QED) is 0.768. The highest BCUT2D eigenvalue weighted by atomic mass is 35.5. The Bertz CT molecular complexity index is 514. The summed E-state index contributed by atoms with van der Waals surface area (Å²) in [6, 6.07) is -0.0168. The predicted octanol–water partition coefficient (Wildman–Crippen LogP) is 3.69. The van der Waals surface area contributed by atoms with Crippen LogP contribution < -0.4 is 0 Å². The van der Waals surface area contributed by atoms with E-state index in [2.05, 4.69) is 11.9 Å². The van der Waals surface area contributed by atoms with Gasteiger partial charge in [0.15, 0.2) is 8.68 Å². The van der Waals surface area contributed by atoms with E-state index in [1.54, 1.807) is 11.2 Å². The van der Waals surface area contributed by atoms with E-state index < -0.39 is 10.0 Å². The first-order valence-corrected chi connectivity index (χ1v) is 9.12. The summed E-state index contributed by atoms with van der Waals surface area (Å²) < 4.78 is 27.5. The molecule has 19 heavy (non-hydrogen) atoms. The highest BCUT2D eigenvalue weighted by Gasteiger charge is 2.31. The van der Waals surface area contributed by atoms with Gasteiger partial charge in [0.25, 0.3) is 10.0 Å². The predicted molar refractivity (Wildman–Crippen MR) is 80.4 cm³/mol. The average Bonchev–Trinajstić information content (AvgIpc) is 2.69. The van der Waals surface area contributed by atoms with E-state index >= 15 is 0 Å². The molecule has 0 fully saturated rings. The first-order chi connectivity index (χ1) is 8.84. The number of hydrogen-bond donors (Lipinski definition) is 0. The molecule has 0 aliphatic rings. The lowest BCUT2D eigenvalue weighted by Crippen LogP contribution is -2.38. The maximum atomic E-state index is 12.7. The first-order valence-electron chi connectivity index (χ1n) is 6.49. The minimum Gasteiger partial charge on any atom is -0.229 e. The molecule has 4 nitrogen and oxygen atoms in total. The second kappa shape index (κ2) is 7.02. The molecule has 7 heteroatoms. The van der Waals surface area contributed by atoms with Crippen LogP contribution in [0.3, 0.4) is 0 Å². The van der Waals surface area contributed by atoms with E-state index in [0.717, 1.165) is 30.6 Å². The van der Waals surface area contributed by atoms with Crippen LogP contribution >= 0.6 is 22.9 Å². The van der Waals surface area contributed by atoms with Gasteiger partial charge in [0.1, 0.15) is 0 Å². The van der Waals surface area contributed by atoms with Crippen LogP contribution in [0.2, 0.25) is 4.47 Å². The normalized spacial score (nSPS) is 14.0. The summed E-state index contributed by atoms with van der Waals surface area (Å²) in [6.45, 7) is 8.21. The van der Waals surface area contributed by atoms with Crippen molar-refractivity contribution in [3.05, 3.63) is 10.2 Å². The molecule has 0 amide bonds. The van der Waals surface area contributed by atoms with Crippen molar-refractivity contribution in [1.82, 2.24) is 9.29 Å². The second-order valence-electron chi connectivity index (χ2n) is 4.57. The molecule has 1 heterocycles. The summed E-state index contributed by atoms with van der Waals surface area (Å²) in [5, 5.41) is 0. The molecule has 1 unspecified atom stereocenters. The standard InChI is InChI=1S/C12H21ClN2O2S2/c1-5-7-8-15(9(3)6-2)19(16,17)11-10(4)14-12(13)18-11/h9H,5-8H2,1-4H3. The fraction of sp³-hybridized carbons (Fsp3) is 0.750. The van der Waals surface area contributed by atoms with Crippen molar-refractivity contribution in [1.29, 1.82) is 0 Å². The summed E-state index contributed by atoms with van der Waals surface area (Å²) in [6.07, 6.45) is 2.61. The van der Waals surface area contributed by atoms with Crippen molar-refractivity contribution in [3.8, 4) is 0 Å². The van der Waals surface area contributed by atoms with Crippen molar-refractivity contribution >= 4 is 33.0 Å². The van der Waals surface area contributed by atoms with Gasteiger partial charge in [-0.15, -0.1) is 0 Å². The van der Waals surface area contributed by atoms with E-state index in [4.69, 9.17) is 11.6 Å². The third-order valence-electron chi connectivity index (χ3n) is 3.09. The molecular formula is C12H21ClN2O2S2. The Balaban J connectivity index is 3.15. The van der Waals surface area contributed by atoms with Gasteiger partial charge < -0.3 is 0 Å². The average molecular weight is 325 g/mol. The number of nitrogens with zero attached hydrogens (tertiary/aromatic N) is 2. The van der Waals surface area contributed by atoms with Crippen LogP contribution in [-0.2, 0) is 10.0 Å². The molecule has 1 atom stereocenters. The number of unbranched alkanes of at least 4 members (excludes halogenated alkanes) is 1. The van der Waals surface area contributed by atoms with E-state index in [0.29, 0.717) is 12.2 Å². The van der Waals surface area contributed by atoms with Gasteiger partial charge in [0.2, 0.25) is 0 Å². The number of aromatic nitrogens is 1. The zero-order chi connectivity index (χ0) is 14.6. The van der Waals surface area contributed by atoms with Crippen LogP contribution in [0, 0.1) is 6.92 Å². The summed E-state index contributed by atoms with van der Waals surface area (Å²) in [4.78, 5) is 4.00. The maximum absolute atomic E-state index is 12.7. The SMILES string of the molecule is CCCCN(C(C)CC)S(=O)(=O)c1sc(Cl)nc1C. The maximum Gasteiger partial charge on any atom is 0.254 e. The van der Waals surface area contributed by atoms with E-state index in [9.17, 15) is 8.42 Å². The summed E-state index contributed by atoms with van der Waals surface area (Å²) in [5.41, 5.74) is 0.486. The highest BCUT2D eigenvalue weighted by molar-refractivity contribution is 7.91. The van der Waals surface area contributed by atoms with E-state index in [1.165, 1.54) is 0 Å². The van der Waals surface area contributed by atoms with Crippen LogP contribution in [-0.4, -0.2) is 30.3 Å². The Morgan fingerprint density at radius 3 is 2.47 bits per heavy atom. The molecule has 0 spiro atoms. The lowest BCUT2D eigenvalue weighted by atomic mass is 10.2. The lowest BCUT2D eigenvalue weighted by Gasteiger charge is -2.27. The highest BCUT2D eigenvalue weighted by Crippen LogP contribution is 2.30. The number of sulfonamides is 1. The lowest BCUT2D eigenvalue weighted by molar-refractivity contribution is 0.325. The van der Waals surface area contributed by atoms with Crippen LogP contribution in [0.5, 0.6) is 0 Å². The van der Waals surface area contributed by atoms with Crippen LogP contribution in [0.15, 0.2) is 4.21 Å². The van der Waals surface area contributed by atoms with Crippen molar-refractivity contribution in [3.63, 3.8) is 0 Å². The van der Waals surface area contributed by atoms with Gasteiger partial charge in [-0.2, -0.15) is 4.31 Å². The molecule has 1 aromatic heterocycles. The number of hydrogen-bond acceptors (Lipinski definition) is 4. The molecule has 0 bridgehead atoms. The first kappa shape index (κ1) is 16.9. The van der Waals surface area contributed by atoms with Crippen molar-refractivity contribution in [2.45, 2.75) is 57.2 Å². The fourth-order valence-electron chi connectivity index (χ4n) is 1.79. The van der Waals surface area contributed by atoms with E-state index in [1.807, 2.05) is 13.8 Å². The van der Waals surface area contributed by atoms with Crippen molar-refractivity contribution in [2.75, 3.05) is 6.54 Å². The molecular weight excluding hydrogens is 304 g/mol. The van der Waals surface area contributed by atoms with E-state index in [-0.39, 0.29) is 14.7 Å². The number of halogens is 1. The Morgan fingerprint density at radius 2 is 2.05 bits per heavy atom. The molecule has 0 aromatic carbocycles. The van der Waals surface area contributed by atoms with Crippen LogP contribution in [0.4, 0.5) is 0 Å². The molecule has 0 radical (unpaired) electrons. The summed E-state index contributed by atoms with van der Waals surface area (Å²) >= 11 is 6.85. The van der Waals surface area contributed by atoms with Gasteiger partial charge in [-0.3, -0.25) is 0 Å². The molecule has 0 saturated carbocycles. The molecule has 1 rings (SSSR count). The van der Waals surface area contributed by atoms with Crippen molar-refractivity contribution < 1.29 is 8.42 Å². The number of aryl methyl sites for hydroxylation is 1. The third kappa shape index (κ3) is 3.90. The van der Waals surface area contributed by atoms with Gasteiger partial charge in [0, 0.05) is 12.6 Å². The minimum absolute atomic E-state index is 0.0168. The minimum atomic E-state index is -3.49. The molecule has 0 aliphatic carbocycles. The topological polar surface area (TPSA) is 50.3 Å². The Morgan fingerprint density at radius 1 is 1.42 bits per heavy atom. The van der Waals surface area contributed by atoms with Crippen LogP contribution in [0.25, 0.3) is 0 Å². The van der Waals surface area contributed by atoms with Gasteiger partial charge in [-0.1, -0.05) is 43.2 Å². The van der Waals surface area contributed by atoms with Gasteiger partial charge in [-0.05, 0) is 26.7 Å². The van der Waals surface area contributed by atoms with Crippen molar-refractivity contribution in [2.24, 2.45) is 0 Å². The molecule has 0 saturated heterocycles. The summed E-state index contributed by atoms with van der Waals surface area (Å²) in [7, 11) is -3.49. The largest absolute Gasteiger partial charge is 0.254 e. The Kier molecular flexibility index (Phi) is 6.23. The molecule has 0 N–H and O–H groups in total. The fourth-order valence-corrected chi connectivity index (χ4v) is 5.39. The number of thiazole rings is 1. The molecule has 0 aliphatic heterocycles. The second-order valence-corrected chi connectivity index (χ2v) is 8.23. The van der Waals surface area contributed by atoms with Crippen LogP contribution in [0.1, 0.15) is 45.7 Å². The van der Waals surface area contributed by atoms with Gasteiger partial charge in [-0.25, -0.2) is 13.4 Å². The zero-order valence-corrected chi connectivity index (χ0v) is 14.2. The van der Waals surface area contributed by atoms with Gasteiger partial charge >= 0.3 is 0 Å². The van der Waals surface area contributed by atoms with Gasteiger partial charge in [0.05, 0.1) is 5.69 Å². The molecule has 110 valence electrons. The summed E-state index contributed by atoms with van der Waals surface area (Å²) in [5.74, 6) is 0.